The third kappa shape index (κ3) is 4.80. The summed E-state index contributed by atoms with van der Waals surface area (Å²) in [4.78, 5) is 12.0. The van der Waals surface area contributed by atoms with Crippen LogP contribution in [0.4, 0.5) is 14.5 Å². The van der Waals surface area contributed by atoms with Crippen molar-refractivity contribution in [3.8, 4) is 5.75 Å². The number of alkyl halides is 2. The highest BCUT2D eigenvalue weighted by molar-refractivity contribution is 9.10. The highest BCUT2D eigenvalue weighted by Gasteiger charge is 2.09. The van der Waals surface area contributed by atoms with Crippen LogP contribution >= 0.6 is 15.9 Å². The summed E-state index contributed by atoms with van der Waals surface area (Å²) in [5.41, 5.74) is 2.32. The minimum Gasteiger partial charge on any atom is -0.435 e. The number of rotatable bonds is 5. The summed E-state index contributed by atoms with van der Waals surface area (Å²) in [6.45, 7) is -0.971. The minimum absolute atomic E-state index is 0.00706. The fourth-order valence-electron chi connectivity index (χ4n) is 1.99. The first-order valence-electron chi connectivity index (χ1n) is 6.54. The van der Waals surface area contributed by atoms with Crippen LogP contribution in [-0.4, -0.2) is 12.5 Å². The lowest BCUT2D eigenvalue weighted by Gasteiger charge is -2.10. The molecular weight excluding hydrogens is 356 g/mol. The van der Waals surface area contributed by atoms with Crippen molar-refractivity contribution in [2.45, 2.75) is 20.0 Å². The minimum atomic E-state index is -2.89. The number of halogens is 3. The zero-order valence-electron chi connectivity index (χ0n) is 11.8. The highest BCUT2D eigenvalue weighted by Crippen LogP contribution is 2.20. The van der Waals surface area contributed by atoms with Gasteiger partial charge in [0.15, 0.2) is 0 Å². The van der Waals surface area contributed by atoms with Crippen LogP contribution in [0, 0.1) is 6.92 Å². The van der Waals surface area contributed by atoms with Crippen LogP contribution in [0.25, 0.3) is 0 Å². The summed E-state index contributed by atoms with van der Waals surface area (Å²) in [6.07, 6.45) is 0.207. The van der Waals surface area contributed by atoms with Crippen molar-refractivity contribution in [3.63, 3.8) is 0 Å². The predicted octanol–water partition coefficient (Wildman–Crippen LogP) is 4.54. The van der Waals surface area contributed by atoms with Crippen molar-refractivity contribution in [1.29, 1.82) is 0 Å². The first-order chi connectivity index (χ1) is 10.4. The molecule has 2 rings (SSSR count). The van der Waals surface area contributed by atoms with Gasteiger partial charge in [-0.3, -0.25) is 4.79 Å². The third-order valence-electron chi connectivity index (χ3n) is 3.00. The third-order valence-corrected chi connectivity index (χ3v) is 3.49. The fourth-order valence-corrected chi connectivity index (χ4v) is 2.46. The van der Waals surface area contributed by atoms with E-state index >= 15 is 0 Å². The maximum Gasteiger partial charge on any atom is 0.387 e. The molecule has 0 atom stereocenters. The van der Waals surface area contributed by atoms with E-state index in [0.717, 1.165) is 15.6 Å². The lowest BCUT2D eigenvalue weighted by molar-refractivity contribution is -0.115. The van der Waals surface area contributed by atoms with Crippen LogP contribution < -0.4 is 10.1 Å². The zero-order chi connectivity index (χ0) is 16.1. The maximum absolute atomic E-state index is 12.2. The van der Waals surface area contributed by atoms with Crippen molar-refractivity contribution >= 4 is 27.5 Å². The second-order valence-corrected chi connectivity index (χ2v) is 5.62. The number of carbonyl (C=O) groups excluding carboxylic acids is 1. The van der Waals surface area contributed by atoms with E-state index in [1.54, 1.807) is 6.07 Å². The molecule has 1 amide bonds. The van der Waals surface area contributed by atoms with Crippen molar-refractivity contribution in [2.75, 3.05) is 5.32 Å². The molecule has 0 spiro atoms. The quantitative estimate of drug-likeness (QED) is 0.839. The van der Waals surface area contributed by atoms with Crippen molar-refractivity contribution < 1.29 is 18.3 Å². The molecule has 2 aromatic carbocycles. The van der Waals surface area contributed by atoms with E-state index in [4.69, 9.17) is 0 Å². The number of carbonyl (C=O) groups is 1. The van der Waals surface area contributed by atoms with Crippen LogP contribution in [0.3, 0.4) is 0 Å². The average molecular weight is 370 g/mol. The van der Waals surface area contributed by atoms with Gasteiger partial charge in [-0.1, -0.05) is 28.1 Å². The van der Waals surface area contributed by atoms with Crippen molar-refractivity contribution in [1.82, 2.24) is 0 Å². The van der Waals surface area contributed by atoms with E-state index in [-0.39, 0.29) is 18.1 Å². The molecule has 0 aliphatic carbocycles. The van der Waals surface area contributed by atoms with Gasteiger partial charge in [0.2, 0.25) is 5.91 Å². The molecule has 3 nitrogen and oxygen atoms in total. The number of nitrogens with one attached hydrogen (secondary N) is 1. The summed E-state index contributed by atoms with van der Waals surface area (Å²) in [6, 6.07) is 11.6. The Kier molecular flexibility index (Phi) is 5.49. The van der Waals surface area contributed by atoms with Crippen LogP contribution in [-0.2, 0) is 11.2 Å². The molecule has 0 heterocycles. The SMILES string of the molecule is Cc1cc(Br)ccc1CC(=O)Nc1cccc(OC(F)F)c1. The van der Waals surface area contributed by atoms with Gasteiger partial charge in [0, 0.05) is 16.2 Å². The summed E-state index contributed by atoms with van der Waals surface area (Å²) in [5, 5.41) is 2.67. The highest BCUT2D eigenvalue weighted by atomic mass is 79.9. The Hall–Kier alpha value is -1.95. The molecule has 0 aromatic heterocycles. The topological polar surface area (TPSA) is 38.3 Å². The summed E-state index contributed by atoms with van der Waals surface area (Å²) in [7, 11) is 0. The van der Waals surface area contributed by atoms with Gasteiger partial charge in [-0.25, -0.2) is 0 Å². The summed E-state index contributed by atoms with van der Waals surface area (Å²) < 4.78 is 29.6. The van der Waals surface area contributed by atoms with E-state index in [0.29, 0.717) is 5.69 Å². The molecule has 0 radical (unpaired) electrons. The zero-order valence-corrected chi connectivity index (χ0v) is 13.4. The number of aryl methyl sites for hydroxylation is 1. The lowest BCUT2D eigenvalue weighted by atomic mass is 10.1. The summed E-state index contributed by atoms with van der Waals surface area (Å²) >= 11 is 3.37. The van der Waals surface area contributed by atoms with E-state index in [2.05, 4.69) is 26.0 Å². The van der Waals surface area contributed by atoms with Gasteiger partial charge in [0.05, 0.1) is 6.42 Å². The molecule has 2 aromatic rings. The standard InChI is InChI=1S/C16H14BrF2NO2/c1-10-7-12(17)6-5-11(10)8-15(21)20-13-3-2-4-14(9-13)22-16(18)19/h2-7,9,16H,8H2,1H3,(H,20,21). The average Bonchev–Trinajstić information content (AvgIpc) is 2.41. The second-order valence-electron chi connectivity index (χ2n) is 4.70. The second kappa shape index (κ2) is 7.35. The fraction of sp³-hybridized carbons (Fsp3) is 0.188. The molecule has 0 saturated heterocycles. The van der Waals surface area contributed by atoms with Crippen LogP contribution in [0.1, 0.15) is 11.1 Å². The number of ether oxygens (including phenoxy) is 1. The number of hydrogen-bond donors (Lipinski definition) is 1. The molecule has 22 heavy (non-hydrogen) atoms. The van der Waals surface area contributed by atoms with E-state index in [9.17, 15) is 13.6 Å². The molecule has 6 heteroatoms. The molecule has 0 aliphatic heterocycles. The van der Waals surface area contributed by atoms with E-state index < -0.39 is 6.61 Å². The number of hydrogen-bond acceptors (Lipinski definition) is 2. The van der Waals surface area contributed by atoms with Gasteiger partial charge in [-0.2, -0.15) is 8.78 Å². The monoisotopic (exact) mass is 369 g/mol. The molecule has 0 fully saturated rings. The lowest BCUT2D eigenvalue weighted by Crippen LogP contribution is -2.15. The van der Waals surface area contributed by atoms with Crippen molar-refractivity contribution in [2.24, 2.45) is 0 Å². The van der Waals surface area contributed by atoms with E-state index in [1.807, 2.05) is 25.1 Å². The van der Waals surface area contributed by atoms with Gasteiger partial charge in [0.1, 0.15) is 5.75 Å². The Bertz CT molecular complexity index is 677. The summed E-state index contributed by atoms with van der Waals surface area (Å²) in [5.74, 6) is -0.216. The van der Waals surface area contributed by atoms with Gasteiger partial charge >= 0.3 is 6.61 Å². The molecular formula is C16H14BrF2NO2. The Balaban J connectivity index is 2.02. The molecule has 0 bridgehead atoms. The number of anilines is 1. The first kappa shape index (κ1) is 16.4. The molecule has 0 unspecified atom stereocenters. The molecule has 0 saturated carbocycles. The molecule has 1 N–H and O–H groups in total. The van der Waals surface area contributed by atoms with Crippen LogP contribution in [0.5, 0.6) is 5.75 Å². The van der Waals surface area contributed by atoms with Crippen LogP contribution in [0.2, 0.25) is 0 Å². The van der Waals surface area contributed by atoms with Gasteiger partial charge < -0.3 is 10.1 Å². The molecule has 116 valence electrons. The Morgan fingerprint density at radius 2 is 2.05 bits per heavy atom. The first-order valence-corrected chi connectivity index (χ1v) is 7.33. The largest absolute Gasteiger partial charge is 0.435 e. The van der Waals surface area contributed by atoms with Gasteiger partial charge in [-0.05, 0) is 42.3 Å². The number of amides is 1. The Morgan fingerprint density at radius 1 is 1.27 bits per heavy atom. The Morgan fingerprint density at radius 3 is 2.73 bits per heavy atom. The predicted molar refractivity (Wildman–Crippen MR) is 84.3 cm³/mol. The van der Waals surface area contributed by atoms with Gasteiger partial charge in [0.25, 0.3) is 0 Å². The van der Waals surface area contributed by atoms with Crippen molar-refractivity contribution in [3.05, 3.63) is 58.1 Å². The normalized spacial score (nSPS) is 10.6. The Labute approximate surface area is 135 Å². The van der Waals surface area contributed by atoms with E-state index in [1.165, 1.54) is 18.2 Å². The van der Waals surface area contributed by atoms with Gasteiger partial charge in [-0.15, -0.1) is 0 Å². The smallest absolute Gasteiger partial charge is 0.387 e. The molecule has 0 aliphatic rings. The number of benzene rings is 2. The maximum atomic E-state index is 12.2. The van der Waals surface area contributed by atoms with Crippen LogP contribution in [0.15, 0.2) is 46.9 Å².